The molecule has 0 saturated carbocycles. The molecule has 0 fully saturated rings. The molecule has 0 bridgehead atoms. The summed E-state index contributed by atoms with van der Waals surface area (Å²) in [6.45, 7) is 2.55. The average Bonchev–Trinajstić information content (AvgIpc) is 2.80. The minimum Gasteiger partial charge on any atom is -0.359 e. The average molecular weight is 361 g/mol. The molecule has 25 heavy (non-hydrogen) atoms. The van der Waals surface area contributed by atoms with Crippen LogP contribution in [0.2, 0.25) is 0 Å². The molecule has 0 N–H and O–H groups in total. The first-order valence-electron chi connectivity index (χ1n) is 8.33. The van der Waals surface area contributed by atoms with Gasteiger partial charge in [0, 0.05) is 19.2 Å². The van der Waals surface area contributed by atoms with E-state index in [9.17, 15) is 8.42 Å². The molecule has 0 amide bonds. The maximum atomic E-state index is 13.2. The van der Waals surface area contributed by atoms with Gasteiger partial charge in [0.15, 0.2) is 0 Å². The fraction of sp³-hybridized carbons (Fsp3) is 0.368. The van der Waals surface area contributed by atoms with Gasteiger partial charge in [-0.15, -0.1) is 0 Å². The van der Waals surface area contributed by atoms with Crippen LogP contribution in [-0.4, -0.2) is 28.9 Å². The fourth-order valence-electron chi connectivity index (χ4n) is 3.09. The first-order chi connectivity index (χ1) is 12.0. The van der Waals surface area contributed by atoms with Gasteiger partial charge in [-0.2, -0.15) is 0 Å². The first kappa shape index (κ1) is 17.9. The van der Waals surface area contributed by atoms with Gasteiger partial charge in [-0.05, 0) is 38.0 Å². The van der Waals surface area contributed by atoms with Crippen LogP contribution in [-0.2, 0) is 19.5 Å². The molecule has 6 heteroatoms. The smallest absolute Gasteiger partial charge is 0.264 e. The summed E-state index contributed by atoms with van der Waals surface area (Å²) in [6.07, 6.45) is 1.29. The van der Waals surface area contributed by atoms with Crippen LogP contribution in [0.5, 0.6) is 0 Å². The molecule has 134 valence electrons. The number of rotatable bonds is 5. The molecule has 0 spiro atoms. The van der Waals surface area contributed by atoms with Gasteiger partial charge >= 0.3 is 0 Å². The van der Waals surface area contributed by atoms with Crippen LogP contribution in [0, 0.1) is 6.92 Å². The predicted molar refractivity (Wildman–Crippen MR) is 97.1 cm³/mol. The zero-order valence-corrected chi connectivity index (χ0v) is 15.3. The number of sulfonamides is 1. The van der Waals surface area contributed by atoms with E-state index in [4.69, 9.17) is 9.47 Å². The fourth-order valence-corrected chi connectivity index (χ4v) is 4.62. The lowest BCUT2D eigenvalue weighted by molar-refractivity contribution is -0.0753. The van der Waals surface area contributed by atoms with E-state index in [1.165, 1.54) is 4.31 Å². The molecule has 2 aromatic carbocycles. The van der Waals surface area contributed by atoms with Crippen LogP contribution in [0.4, 0.5) is 5.69 Å². The molecule has 0 radical (unpaired) electrons. The lowest BCUT2D eigenvalue weighted by Gasteiger charge is -2.25. The molecular weight excluding hydrogens is 338 g/mol. The first-order valence-corrected chi connectivity index (χ1v) is 9.77. The molecule has 2 aromatic rings. The normalized spacial score (nSPS) is 17.8. The topological polar surface area (TPSA) is 55.8 Å². The van der Waals surface area contributed by atoms with Gasteiger partial charge in [0.25, 0.3) is 10.0 Å². The Morgan fingerprint density at radius 1 is 1.12 bits per heavy atom. The number of para-hydroxylation sites is 1. The summed E-state index contributed by atoms with van der Waals surface area (Å²) < 4.78 is 38.7. The molecular formula is C19H23NO4S. The third-order valence-electron chi connectivity index (χ3n) is 4.38. The molecule has 1 atom stereocenters. The van der Waals surface area contributed by atoms with Crippen molar-refractivity contribution in [3.05, 3.63) is 59.7 Å². The van der Waals surface area contributed by atoms with E-state index in [1.54, 1.807) is 19.2 Å². The number of benzene rings is 2. The summed E-state index contributed by atoms with van der Waals surface area (Å²) in [7, 11) is -2.03. The summed E-state index contributed by atoms with van der Waals surface area (Å²) in [5, 5.41) is 0. The number of methoxy groups -OCH3 is 1. The van der Waals surface area contributed by atoms with Gasteiger partial charge in [-0.25, -0.2) is 8.42 Å². The van der Waals surface area contributed by atoms with Crippen molar-refractivity contribution in [2.75, 3.05) is 24.8 Å². The number of anilines is 1. The van der Waals surface area contributed by atoms with Gasteiger partial charge in [0.05, 0.1) is 16.7 Å². The van der Waals surface area contributed by atoms with Crippen LogP contribution < -0.4 is 4.31 Å². The standard InChI is InChI=1S/C19H23NO4S/c1-15-9-11-16(12-10-15)25(21,22)20-13-5-8-19(24-14-23-2)17-6-3-4-7-18(17)20/h3-4,6-7,9-12,19H,5,8,13-14H2,1-2H3. The molecule has 1 unspecified atom stereocenters. The monoisotopic (exact) mass is 361 g/mol. The Bertz CT molecular complexity index is 818. The number of aryl methyl sites for hydroxylation is 1. The number of fused-ring (bicyclic) bond motifs is 1. The van der Waals surface area contributed by atoms with Gasteiger partial charge in [-0.3, -0.25) is 4.31 Å². The second kappa shape index (κ2) is 7.56. The van der Waals surface area contributed by atoms with Crippen LogP contribution in [0.25, 0.3) is 0 Å². The van der Waals surface area contributed by atoms with Crippen LogP contribution in [0.15, 0.2) is 53.4 Å². The van der Waals surface area contributed by atoms with E-state index in [2.05, 4.69) is 0 Å². The van der Waals surface area contributed by atoms with Crippen molar-refractivity contribution in [3.63, 3.8) is 0 Å². The Hall–Kier alpha value is -1.89. The number of hydrogen-bond donors (Lipinski definition) is 0. The van der Waals surface area contributed by atoms with Crippen molar-refractivity contribution in [1.29, 1.82) is 0 Å². The summed E-state index contributed by atoms with van der Waals surface area (Å²) in [4.78, 5) is 0.309. The Kier molecular flexibility index (Phi) is 5.42. The van der Waals surface area contributed by atoms with Gasteiger partial charge in [-0.1, -0.05) is 35.9 Å². The minimum absolute atomic E-state index is 0.172. The highest BCUT2D eigenvalue weighted by atomic mass is 32.2. The number of nitrogens with zero attached hydrogens (tertiary/aromatic N) is 1. The summed E-state index contributed by atoms with van der Waals surface area (Å²) in [5.41, 5.74) is 2.60. The molecule has 0 aliphatic carbocycles. The molecule has 0 aromatic heterocycles. The van der Waals surface area contributed by atoms with Crippen molar-refractivity contribution in [1.82, 2.24) is 0 Å². The Balaban J connectivity index is 2.02. The highest BCUT2D eigenvalue weighted by Crippen LogP contribution is 2.37. The van der Waals surface area contributed by atoms with Crippen molar-refractivity contribution in [2.45, 2.75) is 30.8 Å². The molecule has 0 saturated heterocycles. The third-order valence-corrected chi connectivity index (χ3v) is 6.20. The zero-order valence-electron chi connectivity index (χ0n) is 14.5. The summed E-state index contributed by atoms with van der Waals surface area (Å²) in [6, 6.07) is 14.5. The molecule has 1 aliphatic heterocycles. The van der Waals surface area contributed by atoms with E-state index in [0.717, 1.165) is 17.5 Å². The maximum Gasteiger partial charge on any atom is 0.264 e. The Morgan fingerprint density at radius 3 is 2.56 bits per heavy atom. The second-order valence-corrected chi connectivity index (χ2v) is 8.02. The second-order valence-electron chi connectivity index (χ2n) is 6.15. The predicted octanol–water partition coefficient (Wildman–Crippen LogP) is 3.65. The van der Waals surface area contributed by atoms with Gasteiger partial charge in [0.1, 0.15) is 6.79 Å². The lowest BCUT2D eigenvalue weighted by Crippen LogP contribution is -2.31. The van der Waals surface area contributed by atoms with Crippen LogP contribution >= 0.6 is 0 Å². The van der Waals surface area contributed by atoms with Crippen molar-refractivity contribution < 1.29 is 17.9 Å². The van der Waals surface area contributed by atoms with Gasteiger partial charge < -0.3 is 9.47 Å². The van der Waals surface area contributed by atoms with E-state index in [1.807, 2.05) is 43.3 Å². The van der Waals surface area contributed by atoms with Gasteiger partial charge in [0.2, 0.25) is 0 Å². The quantitative estimate of drug-likeness (QED) is 0.763. The minimum atomic E-state index is -3.61. The van der Waals surface area contributed by atoms with Crippen LogP contribution in [0.3, 0.4) is 0 Å². The van der Waals surface area contributed by atoms with Crippen molar-refractivity contribution in [3.8, 4) is 0 Å². The number of ether oxygens (including phenoxy) is 2. The molecule has 3 rings (SSSR count). The van der Waals surface area contributed by atoms with E-state index < -0.39 is 10.0 Å². The number of hydrogen-bond acceptors (Lipinski definition) is 4. The largest absolute Gasteiger partial charge is 0.359 e. The summed E-state index contributed by atoms with van der Waals surface area (Å²) in [5.74, 6) is 0. The van der Waals surface area contributed by atoms with Crippen LogP contribution in [0.1, 0.15) is 30.1 Å². The molecule has 1 aliphatic rings. The molecule has 1 heterocycles. The van der Waals surface area contributed by atoms with Crippen molar-refractivity contribution in [2.24, 2.45) is 0 Å². The van der Waals surface area contributed by atoms with E-state index in [0.29, 0.717) is 23.5 Å². The maximum absolute atomic E-state index is 13.2. The highest BCUT2D eigenvalue weighted by molar-refractivity contribution is 7.92. The molecule has 5 nitrogen and oxygen atoms in total. The highest BCUT2D eigenvalue weighted by Gasteiger charge is 2.31. The van der Waals surface area contributed by atoms with E-state index in [-0.39, 0.29) is 12.9 Å². The Labute approximate surface area is 149 Å². The lowest BCUT2D eigenvalue weighted by atomic mass is 10.0. The van der Waals surface area contributed by atoms with Crippen molar-refractivity contribution >= 4 is 15.7 Å². The third kappa shape index (κ3) is 3.71. The Morgan fingerprint density at radius 2 is 1.84 bits per heavy atom. The SMILES string of the molecule is COCOC1CCCN(S(=O)(=O)c2ccc(C)cc2)c2ccccc21. The summed E-state index contributed by atoms with van der Waals surface area (Å²) >= 11 is 0. The zero-order chi connectivity index (χ0) is 17.9. The van der Waals surface area contributed by atoms with E-state index >= 15 is 0 Å².